The van der Waals surface area contributed by atoms with Gasteiger partial charge in [-0.1, -0.05) is 24.3 Å². The summed E-state index contributed by atoms with van der Waals surface area (Å²) in [4.78, 5) is 12.0. The maximum Gasteiger partial charge on any atom is 0.241 e. The Morgan fingerprint density at radius 1 is 1.42 bits per heavy atom. The van der Waals surface area contributed by atoms with Gasteiger partial charge >= 0.3 is 0 Å². The lowest BCUT2D eigenvalue weighted by molar-refractivity contribution is -0.123. The molecule has 2 rings (SSSR count). The number of carbonyl (C=O) groups excluding carboxylic acids is 1. The Morgan fingerprint density at radius 3 is 2.89 bits per heavy atom. The molecule has 1 amide bonds. The Balaban J connectivity index is 2.01. The number of nitrogens with two attached hydrogens (primary N) is 1. The molecule has 0 aliphatic carbocycles. The van der Waals surface area contributed by atoms with Gasteiger partial charge in [-0.05, 0) is 17.5 Å². The quantitative estimate of drug-likeness (QED) is 0.678. The lowest BCUT2D eigenvalue weighted by atomic mass is 9.94. The molecule has 0 aromatic heterocycles. The van der Waals surface area contributed by atoms with Crippen LogP contribution in [0, 0.1) is 0 Å². The molecule has 0 radical (unpaired) electrons. The normalized spacial score (nSPS) is 18.7. The van der Waals surface area contributed by atoms with E-state index < -0.39 is 16.1 Å². The highest BCUT2D eigenvalue weighted by Crippen LogP contribution is 2.22. The number of hydrogen-bond acceptors (Lipinski definition) is 4. The predicted octanol–water partition coefficient (Wildman–Crippen LogP) is -0.722. The van der Waals surface area contributed by atoms with E-state index in [4.69, 9.17) is 5.14 Å². The van der Waals surface area contributed by atoms with E-state index in [2.05, 4.69) is 10.6 Å². The summed E-state index contributed by atoms with van der Waals surface area (Å²) in [5.74, 6) is -0.483. The first-order valence-electron chi connectivity index (χ1n) is 6.07. The van der Waals surface area contributed by atoms with Crippen molar-refractivity contribution < 1.29 is 13.2 Å². The monoisotopic (exact) mass is 283 g/mol. The van der Waals surface area contributed by atoms with Crippen LogP contribution < -0.4 is 15.8 Å². The second kappa shape index (κ2) is 5.68. The Bertz CT molecular complexity index is 571. The molecule has 1 aromatic carbocycles. The van der Waals surface area contributed by atoms with Crippen LogP contribution >= 0.6 is 0 Å². The molecule has 0 saturated carbocycles. The first-order valence-corrected chi connectivity index (χ1v) is 7.78. The Kier molecular flexibility index (Phi) is 4.18. The molecule has 19 heavy (non-hydrogen) atoms. The van der Waals surface area contributed by atoms with Gasteiger partial charge < -0.3 is 10.6 Å². The van der Waals surface area contributed by atoms with Crippen LogP contribution in [0.1, 0.15) is 17.2 Å². The number of nitrogens with one attached hydrogen (secondary N) is 2. The molecule has 4 N–H and O–H groups in total. The van der Waals surface area contributed by atoms with Crippen LogP contribution in [0.2, 0.25) is 0 Å². The summed E-state index contributed by atoms with van der Waals surface area (Å²) in [6, 6.07) is 7.31. The van der Waals surface area contributed by atoms with Crippen molar-refractivity contribution >= 4 is 15.9 Å². The number of amides is 1. The first-order chi connectivity index (χ1) is 8.97. The Morgan fingerprint density at radius 2 is 2.16 bits per heavy atom. The zero-order valence-corrected chi connectivity index (χ0v) is 11.2. The minimum absolute atomic E-state index is 0.0258. The molecule has 0 spiro atoms. The molecular formula is C12H17N3O3S. The van der Waals surface area contributed by atoms with E-state index in [-0.39, 0.29) is 18.2 Å². The van der Waals surface area contributed by atoms with Gasteiger partial charge in [-0.3, -0.25) is 4.79 Å². The topological polar surface area (TPSA) is 101 Å². The molecule has 7 heteroatoms. The van der Waals surface area contributed by atoms with Crippen molar-refractivity contribution in [3.63, 3.8) is 0 Å². The molecule has 104 valence electrons. The molecule has 1 aromatic rings. The maximum atomic E-state index is 12.0. The minimum atomic E-state index is -3.55. The number of benzene rings is 1. The largest absolute Gasteiger partial charge is 0.353 e. The number of carbonyl (C=O) groups is 1. The highest BCUT2D eigenvalue weighted by molar-refractivity contribution is 7.89. The summed E-state index contributed by atoms with van der Waals surface area (Å²) in [7, 11) is -3.55. The minimum Gasteiger partial charge on any atom is -0.353 e. The zero-order chi connectivity index (χ0) is 13.9. The van der Waals surface area contributed by atoms with Crippen molar-refractivity contribution in [2.24, 2.45) is 5.14 Å². The van der Waals surface area contributed by atoms with Crippen LogP contribution in [0.3, 0.4) is 0 Å². The molecule has 6 nitrogen and oxygen atoms in total. The predicted molar refractivity (Wildman–Crippen MR) is 71.9 cm³/mol. The summed E-state index contributed by atoms with van der Waals surface area (Å²) in [5.41, 5.74) is 2.09. The first kappa shape index (κ1) is 14.0. The van der Waals surface area contributed by atoms with E-state index in [1.807, 2.05) is 24.3 Å². The second-order valence-electron chi connectivity index (χ2n) is 4.49. The molecule has 0 saturated heterocycles. The highest BCUT2D eigenvalue weighted by Gasteiger charge is 2.25. The number of rotatable bonds is 4. The van der Waals surface area contributed by atoms with Crippen LogP contribution in [0.25, 0.3) is 0 Å². The fourth-order valence-electron chi connectivity index (χ4n) is 2.16. The van der Waals surface area contributed by atoms with E-state index in [0.717, 1.165) is 24.1 Å². The SMILES string of the molecule is NS(=O)(=O)CCNC(=O)C1NCCc2ccccc21. The molecule has 1 unspecified atom stereocenters. The third-order valence-corrected chi connectivity index (χ3v) is 3.83. The van der Waals surface area contributed by atoms with Gasteiger partial charge in [-0.25, -0.2) is 13.6 Å². The molecule has 1 aliphatic heterocycles. The van der Waals surface area contributed by atoms with Crippen molar-refractivity contribution in [1.82, 2.24) is 10.6 Å². The van der Waals surface area contributed by atoms with Crippen LogP contribution in [-0.2, 0) is 21.2 Å². The van der Waals surface area contributed by atoms with Crippen LogP contribution in [0.4, 0.5) is 0 Å². The van der Waals surface area contributed by atoms with E-state index in [1.54, 1.807) is 0 Å². The maximum absolute atomic E-state index is 12.0. The summed E-state index contributed by atoms with van der Waals surface area (Å²) in [5, 5.41) is 10.6. The average molecular weight is 283 g/mol. The second-order valence-corrected chi connectivity index (χ2v) is 6.23. The highest BCUT2D eigenvalue weighted by atomic mass is 32.2. The van der Waals surface area contributed by atoms with Crippen molar-refractivity contribution in [1.29, 1.82) is 0 Å². The van der Waals surface area contributed by atoms with Gasteiger partial charge in [0, 0.05) is 13.1 Å². The smallest absolute Gasteiger partial charge is 0.241 e. The summed E-state index contributed by atoms with van der Waals surface area (Å²) < 4.78 is 21.6. The van der Waals surface area contributed by atoms with Crippen LogP contribution in [0.5, 0.6) is 0 Å². The van der Waals surface area contributed by atoms with Gasteiger partial charge in [0.2, 0.25) is 15.9 Å². The number of fused-ring (bicyclic) bond motifs is 1. The van der Waals surface area contributed by atoms with E-state index in [1.165, 1.54) is 0 Å². The Labute approximate surface area is 112 Å². The van der Waals surface area contributed by atoms with Gasteiger partial charge in [0.15, 0.2) is 0 Å². The third-order valence-electron chi connectivity index (χ3n) is 3.06. The summed E-state index contributed by atoms with van der Waals surface area (Å²) >= 11 is 0. The molecule has 1 heterocycles. The van der Waals surface area contributed by atoms with Gasteiger partial charge in [-0.2, -0.15) is 0 Å². The summed E-state index contributed by atoms with van der Waals surface area (Å²) in [6.45, 7) is 0.752. The fraction of sp³-hybridized carbons (Fsp3) is 0.417. The number of primary sulfonamides is 1. The Hall–Kier alpha value is -1.44. The molecule has 1 aliphatic rings. The van der Waals surface area contributed by atoms with E-state index in [9.17, 15) is 13.2 Å². The molecule has 0 bridgehead atoms. The third kappa shape index (κ3) is 3.76. The van der Waals surface area contributed by atoms with Crippen LogP contribution in [0.15, 0.2) is 24.3 Å². The van der Waals surface area contributed by atoms with E-state index >= 15 is 0 Å². The van der Waals surface area contributed by atoms with Crippen molar-refractivity contribution in [2.45, 2.75) is 12.5 Å². The average Bonchev–Trinajstić information content (AvgIpc) is 2.36. The summed E-state index contributed by atoms with van der Waals surface area (Å²) in [6.07, 6.45) is 0.886. The van der Waals surface area contributed by atoms with Crippen molar-refractivity contribution in [3.8, 4) is 0 Å². The fourth-order valence-corrected chi connectivity index (χ4v) is 2.54. The van der Waals surface area contributed by atoms with Crippen molar-refractivity contribution in [3.05, 3.63) is 35.4 Å². The molecule has 1 atom stereocenters. The van der Waals surface area contributed by atoms with Crippen LogP contribution in [-0.4, -0.2) is 33.2 Å². The molecular weight excluding hydrogens is 266 g/mol. The van der Waals surface area contributed by atoms with Gasteiger partial charge in [0.05, 0.1) is 5.75 Å². The lowest BCUT2D eigenvalue weighted by Crippen LogP contribution is -2.43. The van der Waals surface area contributed by atoms with Gasteiger partial charge in [-0.15, -0.1) is 0 Å². The molecule has 0 fully saturated rings. The lowest BCUT2D eigenvalue weighted by Gasteiger charge is -2.25. The number of hydrogen-bond donors (Lipinski definition) is 3. The number of sulfonamides is 1. The van der Waals surface area contributed by atoms with Gasteiger partial charge in [0.25, 0.3) is 0 Å². The van der Waals surface area contributed by atoms with Crippen molar-refractivity contribution in [2.75, 3.05) is 18.8 Å². The van der Waals surface area contributed by atoms with Gasteiger partial charge in [0.1, 0.15) is 6.04 Å². The standard InChI is InChI=1S/C12H17N3O3S/c13-19(17,18)8-7-15-12(16)11-10-4-2-1-3-9(10)5-6-14-11/h1-4,11,14H,5-8H2,(H,15,16)(H2,13,17,18). The van der Waals surface area contributed by atoms with E-state index in [0.29, 0.717) is 0 Å². The zero-order valence-electron chi connectivity index (χ0n) is 10.4.